The lowest BCUT2D eigenvalue weighted by Crippen LogP contribution is -2.41. The monoisotopic (exact) mass is 587 g/mol. The van der Waals surface area contributed by atoms with Crippen molar-refractivity contribution in [1.82, 2.24) is 15.3 Å². The van der Waals surface area contributed by atoms with Gasteiger partial charge in [0, 0.05) is 30.6 Å². The van der Waals surface area contributed by atoms with Gasteiger partial charge in [0.25, 0.3) is 0 Å². The Morgan fingerprint density at radius 1 is 1.20 bits per heavy atom. The third-order valence-electron chi connectivity index (χ3n) is 7.50. The highest BCUT2D eigenvalue weighted by Gasteiger charge is 2.39. The van der Waals surface area contributed by atoms with Gasteiger partial charge in [0.15, 0.2) is 0 Å². The topological polar surface area (TPSA) is 122 Å². The maximum Gasteiger partial charge on any atom is 0.224 e. The minimum absolute atomic E-state index is 0.0445. The van der Waals surface area contributed by atoms with Gasteiger partial charge in [-0.25, -0.2) is 13.8 Å². The number of alkyl halides is 1. The SMILES string of the molecule is CC(C#N)NC(=O)[C@@H]1C[C@@H](F)CC[C@H]1c1nc(-c2ccc(F)cn2)sc1-c1ccc(N2CCS(O)(O)CC2)cc1. The van der Waals surface area contributed by atoms with Crippen LogP contribution in [-0.4, -0.2) is 61.8 Å². The number of pyridine rings is 1. The number of carbonyl (C=O) groups excluding carboxylic acids is 1. The van der Waals surface area contributed by atoms with Crippen LogP contribution in [0.3, 0.4) is 0 Å². The van der Waals surface area contributed by atoms with Crippen LogP contribution in [0.5, 0.6) is 0 Å². The van der Waals surface area contributed by atoms with Gasteiger partial charge in [0.05, 0.1) is 40.0 Å². The molecule has 1 aliphatic carbocycles. The molecule has 1 unspecified atom stereocenters. The van der Waals surface area contributed by atoms with Gasteiger partial charge in [0.2, 0.25) is 5.91 Å². The molecule has 2 aromatic heterocycles. The van der Waals surface area contributed by atoms with Crippen LogP contribution >= 0.6 is 21.9 Å². The number of halogens is 2. The smallest absolute Gasteiger partial charge is 0.224 e. The molecule has 3 aromatic rings. The molecule has 1 aliphatic heterocycles. The largest absolute Gasteiger partial charge is 0.368 e. The normalized spacial score (nSPS) is 24.1. The Kier molecular flexibility index (Phi) is 8.37. The van der Waals surface area contributed by atoms with E-state index in [1.165, 1.54) is 17.4 Å². The number of rotatable bonds is 6. The van der Waals surface area contributed by atoms with Crippen molar-refractivity contribution >= 4 is 33.5 Å². The zero-order valence-corrected chi connectivity index (χ0v) is 23.6. The molecule has 1 aromatic carbocycles. The molecule has 3 heterocycles. The molecule has 12 heteroatoms. The van der Waals surface area contributed by atoms with E-state index in [4.69, 9.17) is 4.98 Å². The summed E-state index contributed by atoms with van der Waals surface area (Å²) in [7, 11) is -2.50. The van der Waals surface area contributed by atoms with E-state index >= 15 is 0 Å². The number of carbonyl (C=O) groups is 1. The summed E-state index contributed by atoms with van der Waals surface area (Å²) in [5.41, 5.74) is 3.01. The van der Waals surface area contributed by atoms with E-state index in [0.717, 1.165) is 22.3 Å². The summed E-state index contributed by atoms with van der Waals surface area (Å²) in [6.45, 7) is 2.69. The van der Waals surface area contributed by atoms with E-state index in [1.807, 2.05) is 30.3 Å². The molecular weight excluding hydrogens is 556 g/mol. The summed E-state index contributed by atoms with van der Waals surface area (Å²) in [5, 5.41) is 12.5. The number of nitriles is 1. The van der Waals surface area contributed by atoms with E-state index < -0.39 is 34.5 Å². The van der Waals surface area contributed by atoms with Crippen LogP contribution in [0.4, 0.5) is 14.5 Å². The Morgan fingerprint density at radius 3 is 2.58 bits per heavy atom. The molecule has 4 atom stereocenters. The van der Waals surface area contributed by atoms with Crippen LogP contribution in [0.1, 0.15) is 37.8 Å². The fraction of sp³-hybridized carbons (Fsp3) is 0.429. The molecule has 1 amide bonds. The van der Waals surface area contributed by atoms with Crippen molar-refractivity contribution in [3.05, 3.63) is 54.1 Å². The maximum absolute atomic E-state index is 14.6. The lowest BCUT2D eigenvalue weighted by atomic mass is 9.75. The highest BCUT2D eigenvalue weighted by molar-refractivity contribution is 8.24. The van der Waals surface area contributed by atoms with Gasteiger partial charge < -0.3 is 10.2 Å². The number of anilines is 1. The zero-order chi connectivity index (χ0) is 28.4. The van der Waals surface area contributed by atoms with Gasteiger partial charge in [0.1, 0.15) is 23.0 Å². The maximum atomic E-state index is 14.6. The standard InChI is InChI=1S/C28H31F2N5O3S2/c1-17(15-31)33-27(36)23-14-19(29)4-8-22(23)25-26(39-28(34-25)24-9-5-20(30)16-32-24)18-2-6-21(7-3-18)35-10-12-40(37,38)13-11-35/h2-3,5-7,9,16-17,19,22-23,37-38H,4,8,10-14H2,1H3,(H,33,36)/t17?,19-,22+,23+/m0/s1. The average Bonchev–Trinajstić information content (AvgIpc) is 3.38. The summed E-state index contributed by atoms with van der Waals surface area (Å²) < 4.78 is 48.0. The predicted molar refractivity (Wildman–Crippen MR) is 154 cm³/mol. The number of thiazole rings is 1. The minimum atomic E-state index is -2.50. The quantitative estimate of drug-likeness (QED) is 0.332. The Bertz CT molecular complexity index is 1380. The van der Waals surface area contributed by atoms with Gasteiger partial charge in [-0.3, -0.25) is 18.9 Å². The molecule has 1 saturated carbocycles. The first-order valence-corrected chi connectivity index (χ1v) is 15.9. The molecule has 2 fully saturated rings. The number of hydrogen-bond acceptors (Lipinski definition) is 8. The van der Waals surface area contributed by atoms with Gasteiger partial charge in [-0.1, -0.05) is 12.1 Å². The third kappa shape index (κ3) is 6.28. The molecule has 5 rings (SSSR count). The predicted octanol–water partition coefficient (Wildman–Crippen LogP) is 5.83. The number of nitrogens with one attached hydrogen (secondary N) is 1. The van der Waals surface area contributed by atoms with Crippen LogP contribution in [0, 0.1) is 23.1 Å². The van der Waals surface area contributed by atoms with Crippen molar-refractivity contribution in [2.45, 2.75) is 44.3 Å². The number of hydrogen-bond donors (Lipinski definition) is 3. The van der Waals surface area contributed by atoms with Gasteiger partial charge in [-0.15, -0.1) is 11.3 Å². The van der Waals surface area contributed by atoms with Gasteiger partial charge >= 0.3 is 0 Å². The fourth-order valence-corrected chi connectivity index (χ4v) is 7.65. The van der Waals surface area contributed by atoms with Crippen LogP contribution in [0.15, 0.2) is 42.6 Å². The molecule has 40 heavy (non-hydrogen) atoms. The molecule has 212 valence electrons. The Morgan fingerprint density at radius 2 is 1.93 bits per heavy atom. The van der Waals surface area contributed by atoms with Crippen molar-refractivity contribution in [2.24, 2.45) is 5.92 Å². The Labute approximate surface area is 237 Å². The molecule has 2 aliphatic rings. The minimum Gasteiger partial charge on any atom is -0.368 e. The van der Waals surface area contributed by atoms with Crippen LogP contribution in [0.2, 0.25) is 0 Å². The Balaban J connectivity index is 1.51. The second-order valence-corrected chi connectivity index (χ2v) is 13.7. The molecule has 1 saturated heterocycles. The lowest BCUT2D eigenvalue weighted by molar-refractivity contribution is -0.127. The highest BCUT2D eigenvalue weighted by Crippen LogP contribution is 2.47. The number of nitrogens with zero attached hydrogens (tertiary/aromatic N) is 4. The van der Waals surface area contributed by atoms with E-state index in [2.05, 4.69) is 15.2 Å². The summed E-state index contributed by atoms with van der Waals surface area (Å²) in [6.07, 6.45) is 0.781. The first-order valence-electron chi connectivity index (χ1n) is 13.2. The Hall–Kier alpha value is -3.11. The van der Waals surface area contributed by atoms with E-state index in [0.29, 0.717) is 53.8 Å². The zero-order valence-electron chi connectivity index (χ0n) is 22.0. The average molecular weight is 588 g/mol. The second kappa shape index (κ2) is 11.8. The number of amides is 1. The summed E-state index contributed by atoms with van der Waals surface area (Å²) >= 11 is 1.39. The molecule has 8 nitrogen and oxygen atoms in total. The van der Waals surface area contributed by atoms with Crippen LogP contribution < -0.4 is 10.2 Å². The number of benzene rings is 1. The van der Waals surface area contributed by atoms with E-state index in [-0.39, 0.29) is 18.2 Å². The molecular formula is C28H31F2N5O3S2. The van der Waals surface area contributed by atoms with Gasteiger partial charge in [-0.05, 0) is 56.0 Å². The van der Waals surface area contributed by atoms with Crippen molar-refractivity contribution in [2.75, 3.05) is 29.5 Å². The summed E-state index contributed by atoms with van der Waals surface area (Å²) in [4.78, 5) is 25.2. The molecule has 0 bridgehead atoms. The second-order valence-electron chi connectivity index (χ2n) is 10.3. The van der Waals surface area contributed by atoms with E-state index in [9.17, 15) is 27.9 Å². The lowest BCUT2D eigenvalue weighted by Gasteiger charge is -2.41. The molecule has 0 radical (unpaired) electrons. The molecule has 3 N–H and O–H groups in total. The highest BCUT2D eigenvalue weighted by atomic mass is 32.3. The molecule has 0 spiro atoms. The first-order chi connectivity index (χ1) is 19.1. The van der Waals surface area contributed by atoms with Crippen LogP contribution in [-0.2, 0) is 4.79 Å². The van der Waals surface area contributed by atoms with Crippen LogP contribution in [0.25, 0.3) is 21.1 Å². The third-order valence-corrected chi connectivity index (χ3v) is 10.3. The summed E-state index contributed by atoms with van der Waals surface area (Å²) in [6, 6.07) is 12.1. The first kappa shape index (κ1) is 28.4. The summed E-state index contributed by atoms with van der Waals surface area (Å²) in [5.74, 6) is -1.21. The van der Waals surface area contributed by atoms with E-state index in [1.54, 1.807) is 13.0 Å². The van der Waals surface area contributed by atoms with Crippen molar-refractivity contribution in [3.8, 4) is 27.2 Å². The number of aromatic nitrogens is 2. The fourth-order valence-electron chi connectivity index (χ4n) is 5.30. The van der Waals surface area contributed by atoms with Crippen molar-refractivity contribution in [1.29, 1.82) is 5.26 Å². The van der Waals surface area contributed by atoms with Gasteiger partial charge in [-0.2, -0.15) is 15.9 Å². The van der Waals surface area contributed by atoms with Crippen molar-refractivity contribution in [3.63, 3.8) is 0 Å². The van der Waals surface area contributed by atoms with Crippen molar-refractivity contribution < 1.29 is 22.7 Å².